The number of nitrogens with one attached hydrogen (secondary N) is 2. The van der Waals surface area contributed by atoms with Crippen molar-refractivity contribution in [3.63, 3.8) is 0 Å². The molecule has 1 aliphatic rings. The van der Waals surface area contributed by atoms with Crippen LogP contribution in [-0.2, 0) is 11.8 Å². The zero-order chi connectivity index (χ0) is 22.9. The van der Waals surface area contributed by atoms with Crippen molar-refractivity contribution in [1.82, 2.24) is 24.6 Å². The van der Waals surface area contributed by atoms with E-state index in [4.69, 9.17) is 0 Å². The third-order valence-electron chi connectivity index (χ3n) is 5.82. The Kier molecular flexibility index (Phi) is 5.88. The van der Waals surface area contributed by atoms with Crippen molar-refractivity contribution in [2.75, 3.05) is 18.4 Å². The second kappa shape index (κ2) is 8.62. The zero-order valence-electron chi connectivity index (χ0n) is 17.8. The lowest BCUT2D eigenvalue weighted by molar-refractivity contribution is -0.125. The zero-order valence-corrected chi connectivity index (χ0v) is 17.8. The maximum atomic E-state index is 14.6. The fraction of sp³-hybridized carbons (Fsp3) is 0.364. The molecule has 0 saturated carbocycles. The first-order chi connectivity index (χ1) is 15.2. The normalized spacial score (nSPS) is 19.4. The van der Waals surface area contributed by atoms with Crippen LogP contribution in [0.25, 0.3) is 11.3 Å². The van der Waals surface area contributed by atoms with Gasteiger partial charge in [0.15, 0.2) is 0 Å². The third kappa shape index (κ3) is 4.59. The molecule has 3 aromatic rings. The van der Waals surface area contributed by atoms with Crippen LogP contribution < -0.4 is 10.9 Å². The van der Waals surface area contributed by atoms with Gasteiger partial charge >= 0.3 is 0 Å². The van der Waals surface area contributed by atoms with Gasteiger partial charge in [0.25, 0.3) is 5.92 Å². The van der Waals surface area contributed by atoms with E-state index in [1.165, 1.54) is 18.3 Å². The number of hydrogen-bond donors (Lipinski definition) is 2. The van der Waals surface area contributed by atoms with Crippen molar-refractivity contribution >= 4 is 11.7 Å². The van der Waals surface area contributed by atoms with Gasteiger partial charge in [0.05, 0.1) is 17.7 Å². The molecule has 8 nitrogen and oxygen atoms in total. The highest BCUT2D eigenvalue weighted by molar-refractivity contribution is 5.93. The molecule has 168 valence electrons. The van der Waals surface area contributed by atoms with Gasteiger partial charge in [-0.2, -0.15) is 5.10 Å². The molecule has 0 aliphatic carbocycles. The Morgan fingerprint density at radius 1 is 1.28 bits per heavy atom. The number of aromatic amines is 1. The molecule has 0 radical (unpaired) electrons. The average Bonchev–Trinajstić information content (AvgIpc) is 3.21. The molecule has 0 aromatic carbocycles. The quantitative estimate of drug-likeness (QED) is 0.633. The number of carbonyl (C=O) groups excluding carboxylic acids is 1. The molecule has 1 saturated heterocycles. The highest BCUT2D eigenvalue weighted by atomic mass is 19.3. The Labute approximate surface area is 183 Å². The Balaban J connectivity index is 1.43. The topological polar surface area (TPSA) is 95.9 Å². The molecule has 2 atom stereocenters. The number of aryl methyl sites for hydroxylation is 1. The van der Waals surface area contributed by atoms with Gasteiger partial charge in [-0.15, -0.1) is 0 Å². The molecule has 1 amide bonds. The summed E-state index contributed by atoms with van der Waals surface area (Å²) >= 11 is 0. The second-order valence-corrected chi connectivity index (χ2v) is 8.02. The van der Waals surface area contributed by atoms with Gasteiger partial charge < -0.3 is 10.3 Å². The fourth-order valence-electron chi connectivity index (χ4n) is 3.85. The number of amides is 1. The number of alkyl halides is 2. The molecule has 0 spiro atoms. The number of anilines is 1. The molecule has 0 bridgehead atoms. The third-order valence-corrected chi connectivity index (χ3v) is 5.82. The van der Waals surface area contributed by atoms with Crippen LogP contribution in [0.1, 0.15) is 24.8 Å². The predicted molar refractivity (Wildman–Crippen MR) is 115 cm³/mol. The number of carbonyl (C=O) groups is 1. The van der Waals surface area contributed by atoms with Crippen LogP contribution in [-0.4, -0.2) is 55.6 Å². The summed E-state index contributed by atoms with van der Waals surface area (Å²) in [5.41, 5.74) is 1.59. The Bertz CT molecular complexity index is 1140. The largest absolute Gasteiger partial charge is 0.329 e. The molecule has 32 heavy (non-hydrogen) atoms. The Morgan fingerprint density at radius 3 is 2.72 bits per heavy atom. The van der Waals surface area contributed by atoms with E-state index in [-0.39, 0.29) is 31.0 Å². The van der Waals surface area contributed by atoms with Crippen molar-refractivity contribution in [2.24, 2.45) is 7.05 Å². The number of halogens is 2. The molecule has 2 N–H and O–H groups in total. The van der Waals surface area contributed by atoms with Crippen LogP contribution in [0.5, 0.6) is 0 Å². The van der Waals surface area contributed by atoms with Crippen LogP contribution in [0.2, 0.25) is 0 Å². The van der Waals surface area contributed by atoms with Crippen molar-refractivity contribution in [2.45, 2.75) is 31.2 Å². The summed E-state index contributed by atoms with van der Waals surface area (Å²) < 4.78 is 30.9. The first-order valence-electron chi connectivity index (χ1n) is 10.3. The smallest absolute Gasteiger partial charge is 0.257 e. The van der Waals surface area contributed by atoms with Crippen LogP contribution >= 0.6 is 0 Å². The molecular weight excluding hydrogens is 418 g/mol. The average molecular weight is 442 g/mol. The summed E-state index contributed by atoms with van der Waals surface area (Å²) in [6.07, 6.45) is 4.40. The minimum absolute atomic E-state index is 0.000324. The lowest BCUT2D eigenvalue weighted by Crippen LogP contribution is -2.52. The van der Waals surface area contributed by atoms with Gasteiger partial charge in [-0.1, -0.05) is 6.07 Å². The van der Waals surface area contributed by atoms with Crippen LogP contribution in [0, 0.1) is 0 Å². The van der Waals surface area contributed by atoms with Crippen molar-refractivity contribution in [3.05, 3.63) is 64.8 Å². The van der Waals surface area contributed by atoms with Gasteiger partial charge in [0, 0.05) is 56.8 Å². The number of likely N-dealkylation sites (tertiary alicyclic amines) is 1. The SMILES string of the molecule is CC(C(=O)Nc1ccc(-c2ccn(C)n2)cn1)N1CCC(F)(F)C(c2ccc(=O)[nH]c2)C1. The summed E-state index contributed by atoms with van der Waals surface area (Å²) in [6, 6.07) is 7.38. The minimum atomic E-state index is -2.92. The van der Waals surface area contributed by atoms with Crippen LogP contribution in [0.3, 0.4) is 0 Å². The van der Waals surface area contributed by atoms with Crippen LogP contribution in [0.15, 0.2) is 53.7 Å². The van der Waals surface area contributed by atoms with Crippen molar-refractivity contribution in [1.29, 1.82) is 0 Å². The number of H-pyrrole nitrogens is 1. The number of nitrogens with zero attached hydrogens (tertiary/aromatic N) is 4. The second-order valence-electron chi connectivity index (χ2n) is 8.02. The lowest BCUT2D eigenvalue weighted by Gasteiger charge is -2.40. The number of pyridine rings is 2. The summed E-state index contributed by atoms with van der Waals surface area (Å²) in [5, 5.41) is 7.06. The van der Waals surface area contributed by atoms with Gasteiger partial charge in [-0.05, 0) is 30.7 Å². The number of aromatic nitrogens is 4. The van der Waals surface area contributed by atoms with Gasteiger partial charge in [-0.3, -0.25) is 19.2 Å². The molecule has 1 aliphatic heterocycles. The molecule has 1 fully saturated rings. The monoisotopic (exact) mass is 442 g/mol. The van der Waals surface area contributed by atoms with E-state index in [1.807, 2.05) is 25.4 Å². The summed E-state index contributed by atoms with van der Waals surface area (Å²) in [7, 11) is 1.82. The van der Waals surface area contributed by atoms with Gasteiger partial charge in [0.1, 0.15) is 5.82 Å². The predicted octanol–water partition coefficient (Wildman–Crippen LogP) is 2.62. The van der Waals surface area contributed by atoms with E-state index in [0.717, 1.165) is 11.3 Å². The Hall–Kier alpha value is -3.40. The van der Waals surface area contributed by atoms with E-state index in [9.17, 15) is 18.4 Å². The van der Waals surface area contributed by atoms with Crippen LogP contribution in [0.4, 0.5) is 14.6 Å². The molecule has 2 unspecified atom stereocenters. The summed E-state index contributed by atoms with van der Waals surface area (Å²) in [4.78, 5) is 32.5. The van der Waals surface area contributed by atoms with Crippen molar-refractivity contribution in [3.8, 4) is 11.3 Å². The standard InChI is InChI=1S/C22H24F2N6O2/c1-14(21(32)27-19-5-3-16(12-25-19)18-7-9-29(2)28-18)30-10-8-22(23,24)17(13-30)15-4-6-20(31)26-11-15/h3-7,9,11-12,14,17H,8,10,13H2,1-2H3,(H,26,31)(H,25,27,32). The first kappa shape index (κ1) is 21.8. The summed E-state index contributed by atoms with van der Waals surface area (Å²) in [6.45, 7) is 1.78. The number of piperidine rings is 1. The maximum absolute atomic E-state index is 14.6. The van der Waals surface area contributed by atoms with E-state index in [1.54, 1.807) is 28.8 Å². The van der Waals surface area contributed by atoms with E-state index < -0.39 is 17.9 Å². The molecule has 10 heteroatoms. The molecular formula is C22H24F2N6O2. The minimum Gasteiger partial charge on any atom is -0.329 e. The number of hydrogen-bond acceptors (Lipinski definition) is 5. The molecule has 3 aromatic heterocycles. The van der Waals surface area contributed by atoms with Gasteiger partial charge in [-0.25, -0.2) is 13.8 Å². The highest BCUT2D eigenvalue weighted by Gasteiger charge is 2.46. The van der Waals surface area contributed by atoms with E-state index >= 15 is 0 Å². The molecule has 4 rings (SSSR count). The fourth-order valence-corrected chi connectivity index (χ4v) is 3.85. The molecule has 4 heterocycles. The lowest BCUT2D eigenvalue weighted by atomic mass is 9.87. The Morgan fingerprint density at radius 2 is 2.09 bits per heavy atom. The first-order valence-corrected chi connectivity index (χ1v) is 10.3. The number of rotatable bonds is 5. The van der Waals surface area contributed by atoms with Gasteiger partial charge in [0.2, 0.25) is 11.5 Å². The highest BCUT2D eigenvalue weighted by Crippen LogP contribution is 2.40. The maximum Gasteiger partial charge on any atom is 0.257 e. The van der Waals surface area contributed by atoms with E-state index in [0.29, 0.717) is 11.4 Å². The van der Waals surface area contributed by atoms with E-state index in [2.05, 4.69) is 20.4 Å². The summed E-state index contributed by atoms with van der Waals surface area (Å²) in [5.74, 6) is -3.98. The van der Waals surface area contributed by atoms with Crippen molar-refractivity contribution < 1.29 is 13.6 Å².